The van der Waals surface area contributed by atoms with Gasteiger partial charge in [0.2, 0.25) is 0 Å². The molecule has 1 fully saturated rings. The van der Waals surface area contributed by atoms with Crippen molar-refractivity contribution >= 4 is 27.6 Å². The molecule has 8 heteroatoms. The molecule has 3 amide bonds. The van der Waals surface area contributed by atoms with Crippen LogP contribution in [0, 0.1) is 0 Å². The van der Waals surface area contributed by atoms with E-state index in [4.69, 9.17) is 0 Å². The standard InChI is InChI=1S/C24H20N2O5S/c1-32(30,31)20-14-12-17(13-15-20)21(27)16-26-22(28)24(25-23(26)29,18-8-4-2-5-9-18)19-10-6-3-7-11-19/h2-15H,16H2,1H3,(H,25,29). The summed E-state index contributed by atoms with van der Waals surface area (Å²) in [5.41, 5.74) is -0.0797. The van der Waals surface area contributed by atoms with Crippen molar-refractivity contribution in [3.63, 3.8) is 0 Å². The van der Waals surface area contributed by atoms with Crippen LogP contribution < -0.4 is 5.32 Å². The molecule has 162 valence electrons. The molecule has 0 unspecified atom stereocenters. The molecule has 1 heterocycles. The minimum Gasteiger partial charge on any atom is -0.315 e. The molecule has 4 rings (SSSR count). The number of amides is 3. The number of Topliss-reactive ketones (excluding diaryl/α,β-unsaturated/α-hetero) is 1. The van der Waals surface area contributed by atoms with E-state index < -0.39 is 39.6 Å². The van der Waals surface area contributed by atoms with Crippen molar-refractivity contribution in [1.29, 1.82) is 0 Å². The van der Waals surface area contributed by atoms with Gasteiger partial charge in [0.15, 0.2) is 21.2 Å². The molecule has 1 saturated heterocycles. The molecule has 0 bridgehead atoms. The summed E-state index contributed by atoms with van der Waals surface area (Å²) in [5, 5.41) is 2.79. The summed E-state index contributed by atoms with van der Waals surface area (Å²) in [7, 11) is -3.40. The Bertz CT molecular complexity index is 1250. The molecule has 0 atom stereocenters. The molecule has 3 aromatic carbocycles. The first-order chi connectivity index (χ1) is 15.2. The van der Waals surface area contributed by atoms with Crippen LogP contribution in [0.3, 0.4) is 0 Å². The number of sulfone groups is 1. The summed E-state index contributed by atoms with van der Waals surface area (Å²) in [6.07, 6.45) is 1.07. The van der Waals surface area contributed by atoms with Crippen LogP contribution >= 0.6 is 0 Å². The first-order valence-electron chi connectivity index (χ1n) is 9.82. The number of ketones is 1. The van der Waals surface area contributed by atoms with Crippen LogP contribution in [0.25, 0.3) is 0 Å². The summed E-state index contributed by atoms with van der Waals surface area (Å²) in [5.74, 6) is -1.04. The number of carbonyl (C=O) groups excluding carboxylic acids is 3. The number of nitrogens with zero attached hydrogens (tertiary/aromatic N) is 1. The fraction of sp³-hybridized carbons (Fsp3) is 0.125. The molecule has 1 aliphatic rings. The number of carbonyl (C=O) groups is 3. The lowest BCUT2D eigenvalue weighted by Crippen LogP contribution is -2.45. The van der Waals surface area contributed by atoms with Gasteiger partial charge in [0.05, 0.1) is 11.4 Å². The summed E-state index contributed by atoms with van der Waals surface area (Å²) >= 11 is 0. The Balaban J connectivity index is 1.67. The van der Waals surface area contributed by atoms with Crippen molar-refractivity contribution in [3.05, 3.63) is 102 Å². The Morgan fingerprint density at radius 3 is 1.81 bits per heavy atom. The highest BCUT2D eigenvalue weighted by molar-refractivity contribution is 7.90. The Labute approximate surface area is 185 Å². The van der Waals surface area contributed by atoms with Gasteiger partial charge in [-0.25, -0.2) is 13.2 Å². The van der Waals surface area contributed by atoms with Crippen molar-refractivity contribution in [2.45, 2.75) is 10.4 Å². The minimum atomic E-state index is -3.40. The smallest absolute Gasteiger partial charge is 0.315 e. The Morgan fingerprint density at radius 1 is 0.844 bits per heavy atom. The largest absolute Gasteiger partial charge is 0.325 e. The molecule has 3 aromatic rings. The SMILES string of the molecule is CS(=O)(=O)c1ccc(C(=O)CN2C(=O)NC(c3ccccc3)(c3ccccc3)C2=O)cc1. The van der Waals surface area contributed by atoms with Crippen LogP contribution in [-0.4, -0.2) is 43.8 Å². The lowest BCUT2D eigenvalue weighted by Gasteiger charge is -2.28. The first-order valence-corrected chi connectivity index (χ1v) is 11.7. The van der Waals surface area contributed by atoms with Crippen molar-refractivity contribution in [3.8, 4) is 0 Å². The third-order valence-electron chi connectivity index (χ3n) is 5.43. The van der Waals surface area contributed by atoms with Crippen LogP contribution in [0.4, 0.5) is 4.79 Å². The second-order valence-corrected chi connectivity index (χ2v) is 9.54. The van der Waals surface area contributed by atoms with E-state index in [1.54, 1.807) is 48.5 Å². The molecule has 1 aliphatic heterocycles. The monoisotopic (exact) mass is 448 g/mol. The number of benzene rings is 3. The molecule has 7 nitrogen and oxygen atoms in total. The van der Waals surface area contributed by atoms with E-state index in [2.05, 4.69) is 5.32 Å². The van der Waals surface area contributed by atoms with E-state index in [9.17, 15) is 22.8 Å². The van der Waals surface area contributed by atoms with E-state index >= 15 is 0 Å². The van der Waals surface area contributed by atoms with Crippen LogP contribution in [-0.2, 0) is 20.2 Å². The Morgan fingerprint density at radius 2 is 1.34 bits per heavy atom. The zero-order valence-corrected chi connectivity index (χ0v) is 18.0. The van der Waals surface area contributed by atoms with Crippen molar-refractivity contribution in [2.24, 2.45) is 0 Å². The van der Waals surface area contributed by atoms with Crippen LogP contribution in [0.15, 0.2) is 89.8 Å². The van der Waals surface area contributed by atoms with Gasteiger partial charge in [-0.3, -0.25) is 14.5 Å². The lowest BCUT2D eigenvalue weighted by molar-refractivity contribution is -0.129. The summed E-state index contributed by atoms with van der Waals surface area (Å²) < 4.78 is 23.3. The maximum Gasteiger partial charge on any atom is 0.325 e. The lowest BCUT2D eigenvalue weighted by atomic mass is 9.82. The molecular formula is C24H20N2O5S. The normalized spacial score (nSPS) is 15.5. The third-order valence-corrected chi connectivity index (χ3v) is 6.55. The van der Waals surface area contributed by atoms with Crippen LogP contribution in [0.5, 0.6) is 0 Å². The fourth-order valence-electron chi connectivity index (χ4n) is 3.78. The molecule has 0 spiro atoms. The molecule has 0 aliphatic carbocycles. The fourth-order valence-corrected chi connectivity index (χ4v) is 4.41. The predicted molar refractivity (Wildman–Crippen MR) is 118 cm³/mol. The summed E-state index contributed by atoms with van der Waals surface area (Å²) in [6.45, 7) is -0.468. The highest BCUT2D eigenvalue weighted by Gasteiger charge is 2.54. The second kappa shape index (κ2) is 8.05. The van der Waals surface area contributed by atoms with Crippen LogP contribution in [0.1, 0.15) is 21.5 Å². The Hall–Kier alpha value is -3.78. The van der Waals surface area contributed by atoms with Gasteiger partial charge in [0.25, 0.3) is 5.91 Å². The van der Waals surface area contributed by atoms with Gasteiger partial charge in [0.1, 0.15) is 0 Å². The predicted octanol–water partition coefficient (Wildman–Crippen LogP) is 2.77. The van der Waals surface area contributed by atoms with Gasteiger partial charge < -0.3 is 5.32 Å². The summed E-state index contributed by atoms with van der Waals surface area (Å²) in [4.78, 5) is 40.3. The van der Waals surface area contributed by atoms with Gasteiger partial charge in [-0.1, -0.05) is 72.8 Å². The molecule has 0 radical (unpaired) electrons. The Kier molecular flexibility index (Phi) is 5.40. The van der Waals surface area contributed by atoms with E-state index in [1.807, 2.05) is 12.1 Å². The van der Waals surface area contributed by atoms with Gasteiger partial charge in [-0.2, -0.15) is 0 Å². The number of imide groups is 1. The second-order valence-electron chi connectivity index (χ2n) is 7.52. The zero-order chi connectivity index (χ0) is 22.9. The molecule has 0 saturated carbocycles. The highest BCUT2D eigenvalue weighted by Crippen LogP contribution is 2.36. The number of hydrogen-bond donors (Lipinski definition) is 1. The average molecular weight is 449 g/mol. The maximum atomic E-state index is 13.6. The van der Waals surface area contributed by atoms with Crippen LogP contribution in [0.2, 0.25) is 0 Å². The van der Waals surface area contributed by atoms with Gasteiger partial charge in [0, 0.05) is 11.8 Å². The number of nitrogens with one attached hydrogen (secondary N) is 1. The minimum absolute atomic E-state index is 0.0798. The quantitative estimate of drug-likeness (QED) is 0.462. The first kappa shape index (κ1) is 21.5. The van der Waals surface area contributed by atoms with E-state index in [0.717, 1.165) is 11.2 Å². The van der Waals surface area contributed by atoms with E-state index in [-0.39, 0.29) is 10.5 Å². The molecule has 1 N–H and O–H groups in total. The van der Waals surface area contributed by atoms with Crippen molar-refractivity contribution < 1.29 is 22.8 Å². The van der Waals surface area contributed by atoms with Gasteiger partial charge in [-0.15, -0.1) is 0 Å². The molecule has 0 aromatic heterocycles. The maximum absolute atomic E-state index is 13.6. The number of hydrogen-bond acceptors (Lipinski definition) is 5. The third kappa shape index (κ3) is 3.69. The summed E-state index contributed by atoms with van der Waals surface area (Å²) in [6, 6.07) is 22.4. The zero-order valence-electron chi connectivity index (χ0n) is 17.2. The number of rotatable bonds is 6. The van der Waals surface area contributed by atoms with Gasteiger partial charge in [-0.05, 0) is 23.3 Å². The van der Waals surface area contributed by atoms with Crippen molar-refractivity contribution in [2.75, 3.05) is 12.8 Å². The topological polar surface area (TPSA) is 101 Å². The van der Waals surface area contributed by atoms with E-state index in [1.165, 1.54) is 24.3 Å². The molecule has 32 heavy (non-hydrogen) atoms. The van der Waals surface area contributed by atoms with E-state index in [0.29, 0.717) is 11.1 Å². The molecular weight excluding hydrogens is 428 g/mol. The van der Waals surface area contributed by atoms with Crippen molar-refractivity contribution in [1.82, 2.24) is 10.2 Å². The highest BCUT2D eigenvalue weighted by atomic mass is 32.2. The number of urea groups is 1. The average Bonchev–Trinajstić information content (AvgIpc) is 3.05. The van der Waals surface area contributed by atoms with Gasteiger partial charge >= 0.3 is 6.03 Å².